The maximum absolute atomic E-state index is 4.66. The van der Waals surface area contributed by atoms with Crippen LogP contribution in [0.4, 0.5) is 0 Å². The topological polar surface area (TPSA) is 37.8 Å². The number of nitrogens with one attached hydrogen (secondary N) is 1. The molecular weight excluding hydrogens is 246 g/mol. The fraction of sp³-hybridized carbons (Fsp3) is 0.176. The maximum Gasteiger partial charge on any atom is 0.142 e. The molecule has 100 valence electrons. The van der Waals surface area contributed by atoms with Gasteiger partial charge in [0, 0.05) is 11.8 Å². The first-order chi connectivity index (χ1) is 9.88. The third-order valence-electron chi connectivity index (χ3n) is 3.30. The van der Waals surface area contributed by atoms with E-state index in [0.717, 1.165) is 23.6 Å². The fourth-order valence-corrected chi connectivity index (χ4v) is 2.32. The summed E-state index contributed by atoms with van der Waals surface area (Å²) in [5.41, 5.74) is 2.13. The lowest BCUT2D eigenvalue weighted by Crippen LogP contribution is -2.14. The smallest absolute Gasteiger partial charge is 0.142 e. The summed E-state index contributed by atoms with van der Waals surface area (Å²) in [6.07, 6.45) is 1.83. The summed E-state index contributed by atoms with van der Waals surface area (Å²) in [7, 11) is 0. The highest BCUT2D eigenvalue weighted by Crippen LogP contribution is 2.26. The van der Waals surface area contributed by atoms with Crippen molar-refractivity contribution in [3.05, 3.63) is 60.6 Å². The molecule has 1 aromatic heterocycles. The van der Waals surface area contributed by atoms with E-state index in [0.29, 0.717) is 6.54 Å². The highest BCUT2D eigenvalue weighted by molar-refractivity contribution is 5.95. The van der Waals surface area contributed by atoms with E-state index < -0.39 is 0 Å². The van der Waals surface area contributed by atoms with Crippen LogP contribution in [-0.4, -0.2) is 16.5 Å². The number of hydrogen-bond donors (Lipinski definition) is 1. The molecule has 0 spiro atoms. The van der Waals surface area contributed by atoms with Gasteiger partial charge in [-0.1, -0.05) is 49.4 Å². The number of benzene rings is 2. The highest BCUT2D eigenvalue weighted by Gasteiger charge is 2.05. The zero-order chi connectivity index (χ0) is 13.8. The van der Waals surface area contributed by atoms with Crippen LogP contribution in [0, 0.1) is 0 Å². The summed E-state index contributed by atoms with van der Waals surface area (Å²) >= 11 is 0. The Labute approximate surface area is 118 Å². The Balaban J connectivity index is 2.06. The summed E-state index contributed by atoms with van der Waals surface area (Å²) in [5.74, 6) is 0.831. The van der Waals surface area contributed by atoms with Crippen molar-refractivity contribution in [2.75, 3.05) is 6.54 Å². The minimum absolute atomic E-state index is 0.703. The van der Waals surface area contributed by atoms with Crippen molar-refractivity contribution in [2.45, 2.75) is 13.5 Å². The van der Waals surface area contributed by atoms with Gasteiger partial charge >= 0.3 is 0 Å². The Morgan fingerprint density at radius 1 is 1.00 bits per heavy atom. The normalized spacial score (nSPS) is 10.8. The SMILES string of the molecule is CCNCc1nccc(-c2cccc3ccccc23)n1. The molecule has 3 nitrogen and oxygen atoms in total. The first-order valence-corrected chi connectivity index (χ1v) is 6.89. The molecule has 0 fully saturated rings. The molecule has 0 saturated heterocycles. The Kier molecular flexibility index (Phi) is 3.70. The molecule has 3 rings (SSSR count). The van der Waals surface area contributed by atoms with Crippen molar-refractivity contribution >= 4 is 10.8 Å². The largest absolute Gasteiger partial charge is 0.310 e. The maximum atomic E-state index is 4.66. The van der Waals surface area contributed by atoms with Gasteiger partial charge in [0.05, 0.1) is 12.2 Å². The zero-order valence-corrected chi connectivity index (χ0v) is 11.5. The molecule has 0 radical (unpaired) electrons. The third-order valence-corrected chi connectivity index (χ3v) is 3.30. The van der Waals surface area contributed by atoms with Gasteiger partial charge in [0.2, 0.25) is 0 Å². The molecule has 0 bridgehead atoms. The molecule has 3 aromatic rings. The predicted octanol–water partition coefficient (Wildman–Crippen LogP) is 3.41. The van der Waals surface area contributed by atoms with Gasteiger partial charge in [-0.2, -0.15) is 0 Å². The second-order valence-corrected chi connectivity index (χ2v) is 4.67. The van der Waals surface area contributed by atoms with Gasteiger partial charge in [-0.25, -0.2) is 9.97 Å². The third kappa shape index (κ3) is 2.53. The fourth-order valence-electron chi connectivity index (χ4n) is 2.32. The monoisotopic (exact) mass is 263 g/mol. The molecule has 0 aliphatic heterocycles. The van der Waals surface area contributed by atoms with E-state index in [4.69, 9.17) is 0 Å². The molecule has 0 aliphatic carbocycles. The first-order valence-electron chi connectivity index (χ1n) is 6.89. The van der Waals surface area contributed by atoms with Crippen molar-refractivity contribution in [2.24, 2.45) is 0 Å². The van der Waals surface area contributed by atoms with Gasteiger partial charge in [0.1, 0.15) is 5.82 Å². The summed E-state index contributed by atoms with van der Waals surface area (Å²) < 4.78 is 0. The minimum atomic E-state index is 0.703. The molecule has 0 unspecified atom stereocenters. The lowest BCUT2D eigenvalue weighted by atomic mass is 10.0. The van der Waals surface area contributed by atoms with Crippen LogP contribution in [0.3, 0.4) is 0 Å². The zero-order valence-electron chi connectivity index (χ0n) is 11.5. The Morgan fingerprint density at radius 3 is 2.75 bits per heavy atom. The second-order valence-electron chi connectivity index (χ2n) is 4.67. The number of fused-ring (bicyclic) bond motifs is 1. The molecule has 0 atom stereocenters. The Morgan fingerprint density at radius 2 is 1.85 bits per heavy atom. The molecule has 0 aliphatic rings. The van der Waals surface area contributed by atoms with Crippen LogP contribution in [0.1, 0.15) is 12.7 Å². The molecular formula is C17H17N3. The van der Waals surface area contributed by atoms with Crippen LogP contribution in [0.5, 0.6) is 0 Å². The summed E-state index contributed by atoms with van der Waals surface area (Å²) in [6.45, 7) is 3.70. The van der Waals surface area contributed by atoms with Gasteiger partial charge in [0.15, 0.2) is 0 Å². The average Bonchev–Trinajstić information content (AvgIpc) is 2.52. The summed E-state index contributed by atoms with van der Waals surface area (Å²) in [6, 6.07) is 16.7. The van der Waals surface area contributed by atoms with E-state index in [-0.39, 0.29) is 0 Å². The Bertz CT molecular complexity index is 717. The standard InChI is InChI=1S/C17H17N3/c1-2-18-12-17-19-11-10-16(20-17)15-9-5-7-13-6-3-4-8-14(13)15/h3-11,18H,2,12H2,1H3. The summed E-state index contributed by atoms with van der Waals surface area (Å²) in [4.78, 5) is 8.97. The second kappa shape index (κ2) is 5.80. The van der Waals surface area contributed by atoms with E-state index >= 15 is 0 Å². The van der Waals surface area contributed by atoms with Crippen LogP contribution in [0.25, 0.3) is 22.0 Å². The molecule has 2 aromatic carbocycles. The van der Waals surface area contributed by atoms with Gasteiger partial charge in [-0.15, -0.1) is 0 Å². The lowest BCUT2D eigenvalue weighted by Gasteiger charge is -2.07. The number of rotatable bonds is 4. The van der Waals surface area contributed by atoms with Crippen molar-refractivity contribution in [1.82, 2.24) is 15.3 Å². The van der Waals surface area contributed by atoms with E-state index in [1.807, 2.05) is 12.3 Å². The molecule has 1 N–H and O–H groups in total. The predicted molar refractivity (Wildman–Crippen MR) is 82.4 cm³/mol. The van der Waals surface area contributed by atoms with E-state index in [2.05, 4.69) is 64.7 Å². The molecule has 0 amide bonds. The van der Waals surface area contributed by atoms with Gasteiger partial charge < -0.3 is 5.32 Å². The van der Waals surface area contributed by atoms with Gasteiger partial charge in [-0.05, 0) is 23.4 Å². The van der Waals surface area contributed by atoms with Crippen LogP contribution in [-0.2, 0) is 6.54 Å². The van der Waals surface area contributed by atoms with E-state index in [9.17, 15) is 0 Å². The van der Waals surface area contributed by atoms with Crippen molar-refractivity contribution in [3.8, 4) is 11.3 Å². The first kappa shape index (κ1) is 12.8. The lowest BCUT2D eigenvalue weighted by molar-refractivity contribution is 0.691. The van der Waals surface area contributed by atoms with Crippen molar-refractivity contribution in [3.63, 3.8) is 0 Å². The molecule has 3 heteroatoms. The molecule has 0 saturated carbocycles. The van der Waals surface area contributed by atoms with Crippen LogP contribution < -0.4 is 5.32 Å². The summed E-state index contributed by atoms with van der Waals surface area (Å²) in [5, 5.41) is 5.71. The Hall–Kier alpha value is -2.26. The van der Waals surface area contributed by atoms with Gasteiger partial charge in [-0.3, -0.25) is 0 Å². The number of nitrogens with zero attached hydrogens (tertiary/aromatic N) is 2. The molecule has 1 heterocycles. The average molecular weight is 263 g/mol. The quantitative estimate of drug-likeness (QED) is 0.784. The van der Waals surface area contributed by atoms with Crippen molar-refractivity contribution < 1.29 is 0 Å². The number of aromatic nitrogens is 2. The number of hydrogen-bond acceptors (Lipinski definition) is 3. The van der Waals surface area contributed by atoms with E-state index in [1.165, 1.54) is 10.8 Å². The minimum Gasteiger partial charge on any atom is -0.310 e. The molecule has 20 heavy (non-hydrogen) atoms. The van der Waals surface area contributed by atoms with Crippen LogP contribution in [0.15, 0.2) is 54.7 Å². The van der Waals surface area contributed by atoms with Gasteiger partial charge in [0.25, 0.3) is 0 Å². The highest BCUT2D eigenvalue weighted by atomic mass is 15.0. The van der Waals surface area contributed by atoms with Crippen LogP contribution >= 0.6 is 0 Å². The van der Waals surface area contributed by atoms with E-state index in [1.54, 1.807) is 0 Å². The van der Waals surface area contributed by atoms with Crippen molar-refractivity contribution in [1.29, 1.82) is 0 Å². The van der Waals surface area contributed by atoms with Crippen LogP contribution in [0.2, 0.25) is 0 Å².